The lowest BCUT2D eigenvalue weighted by molar-refractivity contribution is -0.128. The van der Waals surface area contributed by atoms with E-state index >= 15 is 0 Å². The molecule has 10 heteroatoms. The summed E-state index contributed by atoms with van der Waals surface area (Å²) in [4.78, 5) is 34.9. The fourth-order valence-corrected chi connectivity index (χ4v) is 2.24. The monoisotopic (exact) mass is 366 g/mol. The van der Waals surface area contributed by atoms with Gasteiger partial charge in [0.1, 0.15) is 11.7 Å². The number of hydrogen-bond acceptors (Lipinski definition) is 8. The third-order valence-electron chi connectivity index (χ3n) is 3.04. The maximum absolute atomic E-state index is 12.0. The zero-order valence-electron chi connectivity index (χ0n) is 13.3. The van der Waals surface area contributed by atoms with Gasteiger partial charge in [-0.3, -0.25) is 25.0 Å². The van der Waals surface area contributed by atoms with E-state index in [2.05, 4.69) is 46.5 Å². The van der Waals surface area contributed by atoms with Crippen LogP contribution in [0.25, 0.3) is 0 Å². The highest BCUT2D eigenvalue weighted by Crippen LogP contribution is 2.00. The molecule has 2 amide bonds. The molecule has 0 spiro atoms. The van der Waals surface area contributed by atoms with Crippen molar-refractivity contribution >= 4 is 43.4 Å². The number of aliphatic hydroxyl groups is 1. The second-order valence-electron chi connectivity index (χ2n) is 5.08. The molecule has 0 saturated carbocycles. The third-order valence-corrected chi connectivity index (χ3v) is 3.80. The topological polar surface area (TPSA) is 120 Å². The molecule has 0 fully saturated rings. The molecule has 3 unspecified atom stereocenters. The van der Waals surface area contributed by atoms with Crippen molar-refractivity contribution in [3.05, 3.63) is 0 Å². The number of aldehydes is 1. The maximum Gasteiger partial charge on any atom is 0.242 e. The van der Waals surface area contributed by atoms with Crippen molar-refractivity contribution in [2.75, 3.05) is 31.6 Å². The molecule has 0 heterocycles. The highest BCUT2D eigenvalue weighted by Gasteiger charge is 2.28. The Morgan fingerprint density at radius 2 is 1.96 bits per heavy atom. The highest BCUT2D eigenvalue weighted by molar-refractivity contribution is 7.80. The van der Waals surface area contributed by atoms with Gasteiger partial charge in [0.25, 0.3) is 0 Å². The number of hydrogen-bond donors (Lipinski definition) is 7. The van der Waals surface area contributed by atoms with Crippen LogP contribution in [0.4, 0.5) is 0 Å². The summed E-state index contributed by atoms with van der Waals surface area (Å²) in [7, 11) is 1.48. The fraction of sp³-hybridized carbons (Fsp3) is 0.769. The Morgan fingerprint density at radius 1 is 1.30 bits per heavy atom. The SMILES string of the molecule is CNC(=O)C(CCS)NC(=O)CNC(C=O)(CS)NCC(C)O. The van der Waals surface area contributed by atoms with E-state index in [1.165, 1.54) is 7.05 Å². The van der Waals surface area contributed by atoms with E-state index in [0.717, 1.165) is 0 Å². The quantitative estimate of drug-likeness (QED) is 0.121. The lowest BCUT2D eigenvalue weighted by atomic mass is 10.2. The van der Waals surface area contributed by atoms with Gasteiger partial charge in [0, 0.05) is 19.3 Å². The number of aliphatic hydroxyl groups excluding tert-OH is 1. The van der Waals surface area contributed by atoms with Crippen LogP contribution in [-0.4, -0.2) is 72.7 Å². The fourth-order valence-electron chi connectivity index (χ4n) is 1.68. The number of nitrogens with one attached hydrogen (secondary N) is 4. The Labute approximate surface area is 147 Å². The molecule has 3 atom stereocenters. The van der Waals surface area contributed by atoms with Gasteiger partial charge < -0.3 is 15.7 Å². The average molecular weight is 367 g/mol. The zero-order chi connectivity index (χ0) is 17.9. The molecule has 0 rings (SSSR count). The molecule has 0 aromatic heterocycles. The molecule has 0 aromatic rings. The zero-order valence-corrected chi connectivity index (χ0v) is 15.1. The van der Waals surface area contributed by atoms with E-state index in [0.29, 0.717) is 18.5 Å². The molecule has 0 aromatic carbocycles. The van der Waals surface area contributed by atoms with Crippen LogP contribution in [0.15, 0.2) is 0 Å². The summed E-state index contributed by atoms with van der Waals surface area (Å²) in [5.74, 6) is -0.217. The van der Waals surface area contributed by atoms with Crippen molar-refractivity contribution in [2.45, 2.75) is 31.2 Å². The second kappa shape index (κ2) is 11.7. The molecule has 0 aliphatic rings. The standard InChI is InChI=1S/C13H26N4O4S2/c1-9(19)5-15-13(7-18,8-23)16-6-11(20)17-10(3-4-22)12(21)14-2/h7,9-10,15-16,19,22-23H,3-6,8H2,1-2H3,(H,14,21)(H,17,20). The van der Waals surface area contributed by atoms with Crippen molar-refractivity contribution in [1.29, 1.82) is 0 Å². The number of amides is 2. The van der Waals surface area contributed by atoms with Crippen molar-refractivity contribution in [3.63, 3.8) is 0 Å². The second-order valence-corrected chi connectivity index (χ2v) is 5.84. The molecular formula is C13H26N4O4S2. The molecule has 0 aliphatic heterocycles. The van der Waals surface area contributed by atoms with Crippen molar-refractivity contribution in [1.82, 2.24) is 21.3 Å². The van der Waals surface area contributed by atoms with Crippen LogP contribution in [0.3, 0.4) is 0 Å². The van der Waals surface area contributed by atoms with E-state index in [-0.39, 0.29) is 24.7 Å². The van der Waals surface area contributed by atoms with Gasteiger partial charge in [-0.1, -0.05) is 0 Å². The normalized spacial score (nSPS) is 16.0. The van der Waals surface area contributed by atoms with Crippen molar-refractivity contribution in [2.24, 2.45) is 0 Å². The first-order chi connectivity index (χ1) is 10.8. The summed E-state index contributed by atoms with van der Waals surface area (Å²) in [6.45, 7) is 1.54. The largest absolute Gasteiger partial charge is 0.392 e. The van der Waals surface area contributed by atoms with Gasteiger partial charge in [-0.05, 0) is 19.1 Å². The summed E-state index contributed by atoms with van der Waals surface area (Å²) in [6.07, 6.45) is 0.331. The van der Waals surface area contributed by atoms with E-state index in [4.69, 9.17) is 0 Å². The molecule has 8 nitrogen and oxygen atoms in total. The van der Waals surface area contributed by atoms with Gasteiger partial charge in [-0.25, -0.2) is 0 Å². The van der Waals surface area contributed by atoms with E-state index in [1.54, 1.807) is 6.92 Å². The third kappa shape index (κ3) is 8.56. The Morgan fingerprint density at radius 3 is 2.39 bits per heavy atom. The molecule has 5 N–H and O–H groups in total. The minimum absolute atomic E-state index is 0.0893. The molecule has 0 saturated heterocycles. The Kier molecular flexibility index (Phi) is 11.3. The van der Waals surface area contributed by atoms with E-state index < -0.39 is 23.7 Å². The van der Waals surface area contributed by atoms with Crippen molar-refractivity contribution < 1.29 is 19.5 Å². The lowest BCUT2D eigenvalue weighted by Crippen LogP contribution is -2.63. The first-order valence-corrected chi connectivity index (χ1v) is 8.47. The van der Waals surface area contributed by atoms with Crippen LogP contribution in [0.1, 0.15) is 13.3 Å². The maximum atomic E-state index is 12.0. The molecule has 134 valence electrons. The van der Waals surface area contributed by atoms with Gasteiger partial charge in [0.15, 0.2) is 6.29 Å². The summed E-state index contributed by atoms with van der Waals surface area (Å²) in [5, 5.41) is 19.9. The molecule has 0 bridgehead atoms. The number of carbonyl (C=O) groups is 3. The molecule has 0 aliphatic carbocycles. The number of carbonyl (C=O) groups excluding carboxylic acids is 3. The predicted molar refractivity (Wildman–Crippen MR) is 94.8 cm³/mol. The lowest BCUT2D eigenvalue weighted by Gasteiger charge is -2.29. The van der Waals surface area contributed by atoms with Crippen LogP contribution in [-0.2, 0) is 14.4 Å². The molecule has 0 radical (unpaired) electrons. The van der Waals surface area contributed by atoms with Gasteiger partial charge in [-0.2, -0.15) is 25.3 Å². The highest BCUT2D eigenvalue weighted by atomic mass is 32.1. The van der Waals surface area contributed by atoms with Gasteiger partial charge >= 0.3 is 0 Å². The Balaban J connectivity index is 4.61. The van der Waals surface area contributed by atoms with E-state index in [1.807, 2.05) is 0 Å². The summed E-state index contributed by atoms with van der Waals surface area (Å²) in [5.41, 5.74) is -1.23. The Bertz CT molecular complexity index is 398. The van der Waals surface area contributed by atoms with Gasteiger partial charge in [-0.15, -0.1) is 0 Å². The number of likely N-dealkylation sites (N-methyl/N-ethyl adjacent to an activating group) is 1. The Hall–Kier alpha value is -0.810. The molecule has 23 heavy (non-hydrogen) atoms. The predicted octanol–water partition coefficient (Wildman–Crippen LogP) is -2.08. The van der Waals surface area contributed by atoms with Crippen molar-refractivity contribution in [3.8, 4) is 0 Å². The van der Waals surface area contributed by atoms with Crippen LogP contribution in [0.2, 0.25) is 0 Å². The summed E-state index contributed by atoms with van der Waals surface area (Å²) < 4.78 is 0. The van der Waals surface area contributed by atoms with Crippen LogP contribution in [0.5, 0.6) is 0 Å². The number of thiol groups is 2. The number of rotatable bonds is 12. The average Bonchev–Trinajstić information content (AvgIpc) is 2.54. The summed E-state index contributed by atoms with van der Waals surface area (Å²) in [6, 6.07) is -0.682. The molecular weight excluding hydrogens is 340 g/mol. The van der Waals surface area contributed by atoms with Crippen LogP contribution in [0, 0.1) is 0 Å². The minimum Gasteiger partial charge on any atom is -0.392 e. The minimum atomic E-state index is -1.23. The van der Waals surface area contributed by atoms with Gasteiger partial charge in [0.05, 0.1) is 12.6 Å². The van der Waals surface area contributed by atoms with Crippen LogP contribution >= 0.6 is 25.3 Å². The first kappa shape index (κ1) is 22.2. The van der Waals surface area contributed by atoms with Crippen LogP contribution < -0.4 is 21.3 Å². The van der Waals surface area contributed by atoms with Gasteiger partial charge in [0.2, 0.25) is 11.8 Å². The van der Waals surface area contributed by atoms with E-state index in [9.17, 15) is 19.5 Å². The summed E-state index contributed by atoms with van der Waals surface area (Å²) >= 11 is 8.15. The smallest absolute Gasteiger partial charge is 0.242 e. The first-order valence-electron chi connectivity index (χ1n) is 7.21.